The van der Waals surface area contributed by atoms with Crippen LogP contribution in [0.5, 0.6) is 0 Å². The molecule has 0 aliphatic carbocycles. The number of aliphatic hydroxyl groups is 1. The van der Waals surface area contributed by atoms with E-state index < -0.39 is 62.4 Å². The number of carboxylic acid groups (broad SMARTS) is 1. The van der Waals surface area contributed by atoms with Gasteiger partial charge in [-0.25, -0.2) is 0 Å². The molecule has 4 N–H and O–H groups in total. The van der Waals surface area contributed by atoms with E-state index in [1.807, 2.05) is 57.6 Å². The van der Waals surface area contributed by atoms with Gasteiger partial charge in [0, 0.05) is 23.8 Å². The van der Waals surface area contributed by atoms with E-state index in [0.717, 1.165) is 38.5 Å². The summed E-state index contributed by atoms with van der Waals surface area (Å²) in [5, 5.41) is 19.5. The Morgan fingerprint density at radius 2 is 1.26 bits per heavy atom. The van der Waals surface area contributed by atoms with Crippen molar-refractivity contribution >= 4 is 37.5 Å². The highest BCUT2D eigenvalue weighted by molar-refractivity contribution is 8.00. The number of phosphoric acid groups is 1. The van der Waals surface area contributed by atoms with Gasteiger partial charge >= 0.3 is 17.9 Å². The zero-order valence-corrected chi connectivity index (χ0v) is 42.5. The SMILES string of the molecule is CCCCC/C=C\C\C=C/C=C/C=C/[C@@H](SC[C@H](N)C(=O)OC[C@H](COP(=O)([O-])OCC[N+](C)(C)C)OC(=O)CCC/C=C\C/C=C\C/C=C\C/C=C\CCCCC)[C@@H](O)CCCC(=O)O. The number of nitrogens with zero attached hydrogens (tertiary/aromatic N) is 1. The van der Waals surface area contributed by atoms with Gasteiger partial charge in [0.15, 0.2) is 6.10 Å². The maximum Gasteiger partial charge on any atom is 0.323 e. The molecule has 1 unspecified atom stereocenters. The van der Waals surface area contributed by atoms with Crippen molar-refractivity contribution in [2.45, 2.75) is 153 Å². The molecule has 0 rings (SSSR count). The van der Waals surface area contributed by atoms with Crippen molar-refractivity contribution in [2.75, 3.05) is 53.3 Å². The molecule has 0 heterocycles. The minimum absolute atomic E-state index is 0.0341. The van der Waals surface area contributed by atoms with Gasteiger partial charge < -0.3 is 43.8 Å². The summed E-state index contributed by atoms with van der Waals surface area (Å²) >= 11 is 1.21. The Morgan fingerprint density at radius 3 is 1.82 bits per heavy atom. The number of carbonyl (C=O) groups excluding carboxylic acids is 2. The lowest BCUT2D eigenvalue weighted by atomic mass is 10.1. The standard InChI is InChI=1S/C51H85N2O11PS/c1-6-8-10-12-14-16-18-20-21-22-23-24-26-28-30-32-34-39-50(57)64-45(43-63-65(59,60)62-41-40-53(3,4)5)42-61-51(58)46(52)44-66-48(47(54)36-35-38-49(55)56)37-33-31-29-27-25-19-17-15-13-11-9-7-2/h14-17,20-21,23-25,27-31,33,37,45-48,54H,6-13,18-19,22,26,32,34-36,38-44,52H2,1-5H3,(H-,55,56,59,60)/b16-14-,17-15-,21-20-,24-23-,27-25-,30-28-,31-29+,37-33+/t45-,46+,47+,48-/m1/s1. The summed E-state index contributed by atoms with van der Waals surface area (Å²) in [5.41, 5.74) is 6.19. The number of aliphatic hydroxyl groups excluding tert-OH is 1. The number of hydrogen-bond donors (Lipinski definition) is 3. The molecule has 0 amide bonds. The van der Waals surface area contributed by atoms with Gasteiger partial charge in [0.2, 0.25) is 0 Å². The lowest BCUT2D eigenvalue weighted by Gasteiger charge is -2.28. The molecule has 0 aromatic rings. The zero-order valence-electron chi connectivity index (χ0n) is 40.8. The first-order chi connectivity index (χ1) is 31.6. The monoisotopic (exact) mass is 965 g/mol. The highest BCUT2D eigenvalue weighted by atomic mass is 32.2. The van der Waals surface area contributed by atoms with E-state index in [0.29, 0.717) is 23.9 Å². The second-order valence-electron chi connectivity index (χ2n) is 17.0. The number of hydrogen-bond acceptors (Lipinski definition) is 12. The molecular formula is C51H85N2O11PS. The number of quaternary nitrogens is 1. The van der Waals surface area contributed by atoms with Crippen LogP contribution in [-0.4, -0.2) is 109 Å². The molecule has 0 aliphatic rings. The quantitative estimate of drug-likeness (QED) is 0.0131. The van der Waals surface area contributed by atoms with Crippen molar-refractivity contribution < 1.29 is 57.1 Å². The van der Waals surface area contributed by atoms with Crippen LogP contribution in [0, 0.1) is 0 Å². The van der Waals surface area contributed by atoms with Crippen molar-refractivity contribution in [1.29, 1.82) is 0 Å². The molecular weight excluding hydrogens is 880 g/mol. The van der Waals surface area contributed by atoms with Crippen LogP contribution in [0.3, 0.4) is 0 Å². The molecule has 0 saturated heterocycles. The molecule has 66 heavy (non-hydrogen) atoms. The van der Waals surface area contributed by atoms with E-state index in [1.165, 1.54) is 50.3 Å². The number of nitrogens with two attached hydrogens (primary N) is 1. The normalized spacial score (nSPS) is 15.6. The smallest absolute Gasteiger partial charge is 0.323 e. The van der Waals surface area contributed by atoms with Crippen molar-refractivity contribution in [3.8, 4) is 0 Å². The van der Waals surface area contributed by atoms with Gasteiger partial charge in [0.05, 0.1) is 33.9 Å². The minimum atomic E-state index is -4.78. The number of likely N-dealkylation sites (N-methyl/N-ethyl adjacent to an activating group) is 1. The third kappa shape index (κ3) is 42.1. The van der Waals surface area contributed by atoms with Crippen LogP contribution in [0.4, 0.5) is 0 Å². The molecule has 0 saturated carbocycles. The van der Waals surface area contributed by atoms with E-state index in [4.69, 9.17) is 29.4 Å². The third-order valence-corrected chi connectivity index (χ3v) is 11.9. The van der Waals surface area contributed by atoms with E-state index in [2.05, 4.69) is 62.5 Å². The second-order valence-corrected chi connectivity index (χ2v) is 19.6. The van der Waals surface area contributed by atoms with Crippen LogP contribution in [0.1, 0.15) is 129 Å². The second kappa shape index (κ2) is 41.8. The van der Waals surface area contributed by atoms with Crippen LogP contribution in [0.15, 0.2) is 97.2 Å². The van der Waals surface area contributed by atoms with E-state index >= 15 is 0 Å². The predicted octanol–water partition coefficient (Wildman–Crippen LogP) is 10.0. The van der Waals surface area contributed by atoms with Crippen LogP contribution < -0.4 is 10.6 Å². The largest absolute Gasteiger partial charge is 0.756 e. The third-order valence-electron chi connectivity index (χ3n) is 9.57. The lowest BCUT2D eigenvalue weighted by molar-refractivity contribution is -0.870. The molecule has 0 aromatic carbocycles. The molecule has 13 nitrogen and oxygen atoms in total. The fourth-order valence-electron chi connectivity index (χ4n) is 5.67. The summed E-state index contributed by atoms with van der Waals surface area (Å²) in [4.78, 5) is 49.5. The van der Waals surface area contributed by atoms with Gasteiger partial charge in [-0.05, 0) is 77.0 Å². The molecule has 0 spiro atoms. The minimum Gasteiger partial charge on any atom is -0.756 e. The van der Waals surface area contributed by atoms with E-state index in [-0.39, 0.29) is 38.0 Å². The summed E-state index contributed by atoms with van der Waals surface area (Å²) < 4.78 is 33.9. The maximum atomic E-state index is 13.0. The summed E-state index contributed by atoms with van der Waals surface area (Å²) in [6.07, 6.45) is 44.9. The number of esters is 2. The molecule has 0 bridgehead atoms. The maximum absolute atomic E-state index is 13.0. The highest BCUT2D eigenvalue weighted by Crippen LogP contribution is 2.38. The number of ether oxygens (including phenoxy) is 2. The Morgan fingerprint density at radius 1 is 0.712 bits per heavy atom. The summed E-state index contributed by atoms with van der Waals surface area (Å²) in [6.45, 7) is 3.50. The van der Waals surface area contributed by atoms with Crippen molar-refractivity contribution in [2.24, 2.45) is 5.73 Å². The van der Waals surface area contributed by atoms with Gasteiger partial charge in [-0.2, -0.15) is 0 Å². The average Bonchev–Trinajstić information content (AvgIpc) is 3.26. The predicted molar refractivity (Wildman–Crippen MR) is 269 cm³/mol. The first-order valence-corrected chi connectivity index (χ1v) is 26.4. The molecule has 0 fully saturated rings. The van der Waals surface area contributed by atoms with Crippen molar-refractivity contribution in [1.82, 2.24) is 0 Å². The van der Waals surface area contributed by atoms with Gasteiger partial charge in [-0.15, -0.1) is 11.8 Å². The molecule has 376 valence electrons. The number of phosphoric ester groups is 1. The Balaban J connectivity index is 5.30. The van der Waals surface area contributed by atoms with Crippen LogP contribution in [0.25, 0.3) is 0 Å². The fourth-order valence-corrected chi connectivity index (χ4v) is 7.53. The molecule has 0 aromatic heterocycles. The summed E-state index contributed by atoms with van der Waals surface area (Å²) in [7, 11) is 0.856. The first-order valence-electron chi connectivity index (χ1n) is 23.9. The lowest BCUT2D eigenvalue weighted by Crippen LogP contribution is -2.39. The van der Waals surface area contributed by atoms with Gasteiger partial charge in [0.25, 0.3) is 7.82 Å². The molecule has 5 atom stereocenters. The number of rotatable bonds is 42. The van der Waals surface area contributed by atoms with Gasteiger partial charge in [0.1, 0.15) is 25.8 Å². The van der Waals surface area contributed by atoms with Crippen LogP contribution in [0.2, 0.25) is 0 Å². The fraction of sp³-hybridized carbons (Fsp3) is 0.627. The van der Waals surface area contributed by atoms with E-state index in [9.17, 15) is 28.9 Å². The number of carboxylic acids is 1. The summed E-state index contributed by atoms with van der Waals surface area (Å²) in [6, 6.07) is -1.15. The van der Waals surface area contributed by atoms with Crippen LogP contribution in [-0.2, 0) is 37.5 Å². The Kier molecular flexibility index (Phi) is 39.7. The van der Waals surface area contributed by atoms with Gasteiger partial charge in [-0.1, -0.05) is 137 Å². The highest BCUT2D eigenvalue weighted by Gasteiger charge is 2.25. The number of thioether (sulfide) groups is 1. The van der Waals surface area contributed by atoms with E-state index in [1.54, 1.807) is 12.2 Å². The number of aliphatic carboxylic acids is 1. The van der Waals surface area contributed by atoms with Crippen molar-refractivity contribution in [3.05, 3.63) is 97.2 Å². The molecule has 0 aliphatic heterocycles. The zero-order chi connectivity index (χ0) is 49.2. The molecule has 0 radical (unpaired) electrons. The van der Waals surface area contributed by atoms with Crippen LogP contribution >= 0.6 is 19.6 Å². The van der Waals surface area contributed by atoms with Gasteiger partial charge in [-0.3, -0.25) is 18.9 Å². The number of unbranched alkanes of at least 4 members (excludes halogenated alkanes) is 7. The molecule has 15 heteroatoms. The Hall–Kier alpha value is -3.33. The average molecular weight is 965 g/mol. The topological polar surface area (TPSA) is 195 Å². The number of allylic oxidation sites excluding steroid dienone is 15. The van der Waals surface area contributed by atoms with Crippen molar-refractivity contribution in [3.63, 3.8) is 0 Å². The first kappa shape index (κ1) is 62.7. The summed E-state index contributed by atoms with van der Waals surface area (Å²) in [5.74, 6) is -2.37. The number of carbonyl (C=O) groups is 3. The Labute approximate surface area is 402 Å². The Bertz CT molecular complexity index is 1570.